The van der Waals surface area contributed by atoms with Crippen LogP contribution in [0, 0.1) is 0 Å². The van der Waals surface area contributed by atoms with E-state index in [-0.39, 0.29) is 5.97 Å². The number of esters is 1. The molecule has 0 aliphatic rings. The fourth-order valence-electron chi connectivity index (χ4n) is 0.466. The van der Waals surface area contributed by atoms with Crippen LogP contribution in [0.1, 0.15) is 6.92 Å². The second-order valence-electron chi connectivity index (χ2n) is 1.76. The Bertz CT molecular complexity index is 116. The molecule has 0 heterocycles. The average Bonchev–Trinajstić information content (AvgIpc) is 1.89. The zero-order valence-corrected chi connectivity index (χ0v) is 8.06. The first kappa shape index (κ1) is 9.73. The molecule has 0 bridgehead atoms. The van der Waals surface area contributed by atoms with Crippen molar-refractivity contribution in [3.8, 4) is 0 Å². The van der Waals surface area contributed by atoms with E-state index >= 15 is 0 Å². The number of ether oxygens (including phenoxy) is 1. The quantitative estimate of drug-likeness (QED) is 0.394. The van der Waals surface area contributed by atoms with E-state index in [0.29, 0.717) is 27.1 Å². The van der Waals surface area contributed by atoms with E-state index in [4.69, 9.17) is 4.74 Å². The number of carbonyl (C=O) groups is 1. The molecule has 0 fully saturated rings. The van der Waals surface area contributed by atoms with E-state index in [1.807, 2.05) is 0 Å². The molecule has 0 N–H and O–H groups in total. The summed E-state index contributed by atoms with van der Waals surface area (Å²) in [6.07, 6.45) is 0. The summed E-state index contributed by atoms with van der Waals surface area (Å²) >= 11 is 0.476. The molecule has 0 saturated heterocycles. The van der Waals surface area contributed by atoms with Crippen LogP contribution in [0.2, 0.25) is 11.1 Å². The van der Waals surface area contributed by atoms with Crippen LogP contribution in [-0.4, -0.2) is 27.5 Å². The number of carbonyl (C=O) groups excluding carboxylic acids is 1. The maximum atomic E-state index is 10.8. The van der Waals surface area contributed by atoms with Gasteiger partial charge in [0, 0.05) is 0 Å². The molecule has 0 atom stereocenters. The van der Waals surface area contributed by atoms with Gasteiger partial charge in [0.2, 0.25) is 0 Å². The number of hydrogen-bond donors (Lipinski definition) is 0. The van der Waals surface area contributed by atoms with Gasteiger partial charge in [0.15, 0.2) is 0 Å². The second-order valence-corrected chi connectivity index (χ2v) is 3.57. The summed E-state index contributed by atoms with van der Waals surface area (Å²) in [6, 6.07) is 0. The van der Waals surface area contributed by atoms with E-state index in [1.54, 1.807) is 6.92 Å². The van der Waals surface area contributed by atoms with E-state index in [9.17, 15) is 4.79 Å². The van der Waals surface area contributed by atoms with Gasteiger partial charge in [-0.1, -0.05) is 0 Å². The summed E-state index contributed by atoms with van der Waals surface area (Å²) in [5.74, 6) is 1.82. The monoisotopic (exact) mass is 208 g/mol. The van der Waals surface area contributed by atoms with Crippen LogP contribution in [0.15, 0.2) is 12.2 Å². The van der Waals surface area contributed by atoms with E-state index in [2.05, 4.69) is 12.4 Å². The minimum absolute atomic E-state index is 0.244. The topological polar surface area (TPSA) is 26.3 Å². The fraction of sp³-hybridized carbons (Fsp3) is 0.571. The molecule has 0 aromatic heterocycles. The Hall–Kier alpha value is -0.271. The van der Waals surface area contributed by atoms with Crippen LogP contribution < -0.4 is 0 Å². The molecule has 0 rings (SSSR count). The van der Waals surface area contributed by atoms with Gasteiger partial charge in [-0.05, 0) is 0 Å². The molecule has 10 heavy (non-hydrogen) atoms. The van der Waals surface area contributed by atoms with Crippen molar-refractivity contribution in [2.24, 2.45) is 0 Å². The van der Waals surface area contributed by atoms with Crippen molar-refractivity contribution in [3.05, 3.63) is 12.2 Å². The average molecular weight is 207 g/mol. The first-order valence-corrected chi connectivity index (χ1v) is 5.98. The number of rotatable bonds is 4. The molecule has 0 radical (unpaired) electrons. The Morgan fingerprint density at radius 3 is 2.70 bits per heavy atom. The Labute approximate surface area is 67.8 Å². The Kier molecular flexibility index (Phi) is 5.36. The predicted molar refractivity (Wildman–Crippen MR) is 42.2 cm³/mol. The zero-order valence-electron chi connectivity index (χ0n) is 6.35. The third-order valence-corrected chi connectivity index (χ3v) is 2.22. The Morgan fingerprint density at radius 1 is 1.70 bits per heavy atom. The first-order chi connectivity index (χ1) is 4.72. The summed E-state index contributed by atoms with van der Waals surface area (Å²) in [6.45, 7) is 5.84. The van der Waals surface area contributed by atoms with Crippen molar-refractivity contribution in [1.82, 2.24) is 0 Å². The normalized spacial score (nSPS) is 9.00. The summed E-state index contributed by atoms with van der Waals surface area (Å²) in [4.78, 5) is 10.8. The molecule has 0 aromatic carbocycles. The van der Waals surface area contributed by atoms with Gasteiger partial charge in [0.1, 0.15) is 0 Å². The standard InChI is InChI=1S/C7H12O2Se/c1-4-9-7(8)6(2)5-10-3/h2,4-5H2,1,3H3. The van der Waals surface area contributed by atoms with Gasteiger partial charge in [-0.15, -0.1) is 0 Å². The molecule has 0 aromatic rings. The van der Waals surface area contributed by atoms with Crippen molar-refractivity contribution < 1.29 is 9.53 Å². The van der Waals surface area contributed by atoms with Gasteiger partial charge in [-0.25, -0.2) is 0 Å². The molecule has 58 valence electrons. The predicted octanol–water partition coefficient (Wildman–Crippen LogP) is 1.28. The molecular weight excluding hydrogens is 195 g/mol. The number of hydrogen-bond acceptors (Lipinski definition) is 2. The van der Waals surface area contributed by atoms with Gasteiger partial charge in [0.05, 0.1) is 0 Å². The maximum absolute atomic E-state index is 10.8. The molecule has 0 aliphatic carbocycles. The summed E-state index contributed by atoms with van der Waals surface area (Å²) in [5.41, 5.74) is 0.601. The van der Waals surface area contributed by atoms with Gasteiger partial charge < -0.3 is 0 Å². The SMILES string of the molecule is C=C(C[Se]C)C(=O)OCC. The van der Waals surface area contributed by atoms with Crippen molar-refractivity contribution in [2.75, 3.05) is 6.61 Å². The van der Waals surface area contributed by atoms with Crippen LogP contribution in [0.25, 0.3) is 0 Å². The van der Waals surface area contributed by atoms with Gasteiger partial charge in [-0.2, -0.15) is 0 Å². The molecular formula is C7H12O2Se. The van der Waals surface area contributed by atoms with Gasteiger partial charge >= 0.3 is 67.3 Å². The molecule has 0 spiro atoms. The minimum atomic E-state index is -0.244. The molecule has 0 unspecified atom stereocenters. The van der Waals surface area contributed by atoms with E-state index in [0.717, 1.165) is 5.32 Å². The molecule has 0 aliphatic heterocycles. The fourth-order valence-corrected chi connectivity index (χ4v) is 1.44. The van der Waals surface area contributed by atoms with Crippen molar-refractivity contribution in [1.29, 1.82) is 0 Å². The van der Waals surface area contributed by atoms with Crippen LogP contribution in [0.4, 0.5) is 0 Å². The molecule has 0 saturated carbocycles. The zero-order chi connectivity index (χ0) is 7.98. The van der Waals surface area contributed by atoms with E-state index in [1.165, 1.54) is 0 Å². The van der Waals surface area contributed by atoms with Crippen molar-refractivity contribution >= 4 is 20.9 Å². The first-order valence-electron chi connectivity index (χ1n) is 3.06. The summed E-state index contributed by atoms with van der Waals surface area (Å²) < 4.78 is 4.73. The summed E-state index contributed by atoms with van der Waals surface area (Å²) in [7, 11) is 0. The second kappa shape index (κ2) is 5.51. The Morgan fingerprint density at radius 2 is 2.30 bits per heavy atom. The van der Waals surface area contributed by atoms with Crippen LogP contribution in [0.5, 0.6) is 0 Å². The van der Waals surface area contributed by atoms with Gasteiger partial charge in [-0.3, -0.25) is 0 Å². The molecule has 0 amide bonds. The van der Waals surface area contributed by atoms with Crippen LogP contribution in [-0.2, 0) is 9.53 Å². The summed E-state index contributed by atoms with van der Waals surface area (Å²) in [5, 5.41) is 0.797. The van der Waals surface area contributed by atoms with Crippen LogP contribution in [0.3, 0.4) is 0 Å². The van der Waals surface area contributed by atoms with Crippen LogP contribution >= 0.6 is 0 Å². The molecule has 3 heteroatoms. The Balaban J connectivity index is 3.60. The molecule has 2 nitrogen and oxygen atoms in total. The van der Waals surface area contributed by atoms with Crippen molar-refractivity contribution in [2.45, 2.75) is 18.1 Å². The van der Waals surface area contributed by atoms with Gasteiger partial charge in [0.25, 0.3) is 0 Å². The third kappa shape index (κ3) is 3.70. The van der Waals surface area contributed by atoms with Crippen molar-refractivity contribution in [3.63, 3.8) is 0 Å². The third-order valence-electron chi connectivity index (χ3n) is 0.883. The van der Waals surface area contributed by atoms with E-state index < -0.39 is 0 Å².